The minimum atomic E-state index is 0.302. The normalized spacial score (nSPS) is 22.8. The van der Waals surface area contributed by atoms with Crippen molar-refractivity contribution in [2.24, 2.45) is 17.8 Å². The Labute approximate surface area is 266 Å². The van der Waals surface area contributed by atoms with E-state index in [0.29, 0.717) is 22.9 Å². The highest BCUT2D eigenvalue weighted by Gasteiger charge is 2.45. The molecule has 2 aliphatic rings. The number of hydrogen-bond acceptors (Lipinski definition) is 3. The first-order valence-electron chi connectivity index (χ1n) is 16.5. The summed E-state index contributed by atoms with van der Waals surface area (Å²) in [6.07, 6.45) is 6.71. The average molecular weight is 586 g/mol. The highest BCUT2D eigenvalue weighted by molar-refractivity contribution is 5.90. The molecule has 0 amide bonds. The van der Waals surface area contributed by atoms with E-state index >= 15 is 0 Å². The molecule has 45 heavy (non-hydrogen) atoms. The molecular weight excluding hydrogens is 546 g/mol. The van der Waals surface area contributed by atoms with Gasteiger partial charge in [0.2, 0.25) is 0 Å². The van der Waals surface area contributed by atoms with Gasteiger partial charge in [-0.15, -0.1) is 0 Å². The third kappa shape index (κ3) is 5.35. The number of benzene rings is 5. The Morgan fingerprint density at radius 2 is 1.04 bits per heavy atom. The van der Waals surface area contributed by atoms with Crippen molar-refractivity contribution >= 4 is 10.8 Å². The van der Waals surface area contributed by atoms with Crippen LogP contribution in [0.15, 0.2) is 121 Å². The Bertz CT molecular complexity index is 1960. The van der Waals surface area contributed by atoms with Crippen molar-refractivity contribution in [3.8, 4) is 45.3 Å². The molecule has 2 bridgehead atoms. The Kier molecular flexibility index (Phi) is 7.05. The van der Waals surface area contributed by atoms with E-state index < -0.39 is 0 Å². The van der Waals surface area contributed by atoms with Gasteiger partial charge >= 0.3 is 0 Å². The summed E-state index contributed by atoms with van der Waals surface area (Å²) in [5.41, 5.74) is 7.08. The minimum absolute atomic E-state index is 0.302. The van der Waals surface area contributed by atoms with E-state index in [1.807, 2.05) is 18.2 Å². The molecule has 222 valence electrons. The van der Waals surface area contributed by atoms with Crippen molar-refractivity contribution < 1.29 is 0 Å². The maximum Gasteiger partial charge on any atom is 0.164 e. The van der Waals surface area contributed by atoms with Crippen molar-refractivity contribution in [3.63, 3.8) is 0 Å². The third-order valence-corrected chi connectivity index (χ3v) is 10.3. The first kappa shape index (κ1) is 27.9. The molecular formula is C42H39N3. The van der Waals surface area contributed by atoms with Gasteiger partial charge in [0.25, 0.3) is 0 Å². The summed E-state index contributed by atoms with van der Waals surface area (Å²) in [5, 5.41) is 2.45. The van der Waals surface area contributed by atoms with Gasteiger partial charge in [0.1, 0.15) is 0 Å². The molecule has 1 unspecified atom stereocenters. The van der Waals surface area contributed by atoms with Crippen molar-refractivity contribution in [1.82, 2.24) is 15.0 Å². The van der Waals surface area contributed by atoms with Gasteiger partial charge in [-0.3, -0.25) is 0 Å². The lowest BCUT2D eigenvalue weighted by atomic mass is 9.54. The van der Waals surface area contributed by atoms with Gasteiger partial charge in [0.05, 0.1) is 0 Å². The zero-order chi connectivity index (χ0) is 30.4. The van der Waals surface area contributed by atoms with Gasteiger partial charge in [-0.2, -0.15) is 0 Å². The zero-order valence-electron chi connectivity index (χ0n) is 26.2. The van der Waals surface area contributed by atoms with Crippen LogP contribution in [0.2, 0.25) is 0 Å². The Morgan fingerprint density at radius 1 is 0.489 bits per heavy atom. The standard InChI is InChI=1S/C42H39N3/c1-28-22-30-23-29(2)26-42(25-28,27-30)36-20-18-33(19-21-36)40-43-39(32-11-4-3-5-12-32)44-41(45-40)38-15-9-8-14-37(38)35-17-16-31-10-6-7-13-34(31)24-35/h3-21,24,28-30H,22-23,25-27H2,1-2H3/t28-,29+,30-,42?. The molecule has 0 radical (unpaired) electrons. The molecule has 0 saturated heterocycles. The Morgan fingerprint density at radius 3 is 1.76 bits per heavy atom. The Balaban J connectivity index is 1.23. The number of rotatable bonds is 5. The van der Waals surface area contributed by atoms with Crippen molar-refractivity contribution in [1.29, 1.82) is 0 Å². The van der Waals surface area contributed by atoms with E-state index in [9.17, 15) is 0 Å². The zero-order valence-corrected chi connectivity index (χ0v) is 26.2. The van der Waals surface area contributed by atoms with Crippen LogP contribution in [-0.4, -0.2) is 15.0 Å². The second kappa shape index (κ2) is 11.4. The van der Waals surface area contributed by atoms with Gasteiger partial charge in [-0.05, 0) is 88.8 Å². The molecule has 8 rings (SSSR count). The third-order valence-electron chi connectivity index (χ3n) is 10.3. The summed E-state index contributed by atoms with van der Waals surface area (Å²) in [4.78, 5) is 15.3. The summed E-state index contributed by atoms with van der Waals surface area (Å²) in [5.74, 6) is 4.53. The highest BCUT2D eigenvalue weighted by atomic mass is 15.0. The monoisotopic (exact) mass is 585 g/mol. The smallest absolute Gasteiger partial charge is 0.164 e. The predicted octanol–water partition coefficient (Wildman–Crippen LogP) is 10.8. The molecule has 1 heterocycles. The molecule has 6 aromatic rings. The van der Waals surface area contributed by atoms with Gasteiger partial charge in [-0.25, -0.2) is 15.0 Å². The van der Waals surface area contributed by atoms with Gasteiger partial charge in [-0.1, -0.05) is 129 Å². The van der Waals surface area contributed by atoms with Crippen LogP contribution in [0.25, 0.3) is 56.1 Å². The molecule has 0 N–H and O–H groups in total. The van der Waals surface area contributed by atoms with Crippen molar-refractivity contribution in [3.05, 3.63) is 127 Å². The van der Waals surface area contributed by atoms with E-state index in [1.165, 1.54) is 48.4 Å². The quantitative estimate of drug-likeness (QED) is 0.202. The van der Waals surface area contributed by atoms with E-state index in [-0.39, 0.29) is 0 Å². The molecule has 4 atom stereocenters. The van der Waals surface area contributed by atoms with Gasteiger partial charge < -0.3 is 0 Å². The Hall–Kier alpha value is -4.63. The highest BCUT2D eigenvalue weighted by Crippen LogP contribution is 2.54. The van der Waals surface area contributed by atoms with Crippen LogP contribution in [-0.2, 0) is 5.41 Å². The number of nitrogens with zero attached hydrogens (tertiary/aromatic N) is 3. The van der Waals surface area contributed by atoms with E-state index in [4.69, 9.17) is 15.0 Å². The lowest BCUT2D eigenvalue weighted by Gasteiger charge is -2.50. The van der Waals surface area contributed by atoms with Crippen molar-refractivity contribution in [2.45, 2.75) is 51.4 Å². The fourth-order valence-corrected chi connectivity index (χ4v) is 8.66. The van der Waals surface area contributed by atoms with E-state index in [2.05, 4.69) is 117 Å². The fourth-order valence-electron chi connectivity index (χ4n) is 8.66. The molecule has 1 aromatic heterocycles. The maximum absolute atomic E-state index is 5.15. The maximum atomic E-state index is 5.15. The second-order valence-corrected chi connectivity index (χ2v) is 13.8. The summed E-state index contributed by atoms with van der Waals surface area (Å²) >= 11 is 0. The molecule has 0 spiro atoms. The largest absolute Gasteiger partial charge is 0.208 e. The SMILES string of the molecule is C[C@@H]1C[C@@H]2C[C@H](C)CC(c3ccc(-c4nc(-c5ccccc5)nc(-c5ccccc5-c5ccc6ccccc6c5)n4)cc3)(C1)C2. The summed E-state index contributed by atoms with van der Waals surface area (Å²) in [6, 6.07) is 43.1. The van der Waals surface area contributed by atoms with Gasteiger partial charge in [0, 0.05) is 16.7 Å². The molecule has 3 heteroatoms. The molecule has 0 aliphatic heterocycles. The molecule has 2 saturated carbocycles. The second-order valence-electron chi connectivity index (χ2n) is 13.8. The van der Waals surface area contributed by atoms with E-state index in [1.54, 1.807) is 0 Å². The van der Waals surface area contributed by atoms with Crippen LogP contribution in [0.5, 0.6) is 0 Å². The topological polar surface area (TPSA) is 38.7 Å². The van der Waals surface area contributed by atoms with E-state index in [0.717, 1.165) is 45.6 Å². The number of aromatic nitrogens is 3. The molecule has 2 fully saturated rings. The number of hydrogen-bond donors (Lipinski definition) is 0. The van der Waals surface area contributed by atoms with Gasteiger partial charge in [0.15, 0.2) is 17.5 Å². The summed E-state index contributed by atoms with van der Waals surface area (Å²) < 4.78 is 0. The minimum Gasteiger partial charge on any atom is -0.208 e. The fraction of sp³-hybridized carbons (Fsp3) is 0.262. The predicted molar refractivity (Wildman–Crippen MR) is 186 cm³/mol. The van der Waals surface area contributed by atoms with Crippen LogP contribution in [0, 0.1) is 17.8 Å². The first-order valence-corrected chi connectivity index (χ1v) is 16.5. The number of fused-ring (bicyclic) bond motifs is 3. The summed E-state index contributed by atoms with van der Waals surface area (Å²) in [6.45, 7) is 4.91. The van der Waals surface area contributed by atoms with Crippen LogP contribution < -0.4 is 0 Å². The van der Waals surface area contributed by atoms with Crippen LogP contribution >= 0.6 is 0 Å². The lowest BCUT2D eigenvalue weighted by Crippen LogP contribution is -2.42. The van der Waals surface area contributed by atoms with Crippen LogP contribution in [0.1, 0.15) is 51.5 Å². The first-order chi connectivity index (χ1) is 22.0. The summed E-state index contributed by atoms with van der Waals surface area (Å²) in [7, 11) is 0. The lowest BCUT2D eigenvalue weighted by molar-refractivity contribution is 0.0780. The average Bonchev–Trinajstić information content (AvgIpc) is 3.07. The van der Waals surface area contributed by atoms with Crippen LogP contribution in [0.3, 0.4) is 0 Å². The van der Waals surface area contributed by atoms with Crippen LogP contribution in [0.4, 0.5) is 0 Å². The van der Waals surface area contributed by atoms with Crippen molar-refractivity contribution in [2.75, 3.05) is 0 Å². The molecule has 5 aromatic carbocycles. The molecule has 2 aliphatic carbocycles. The molecule has 3 nitrogen and oxygen atoms in total.